The summed E-state index contributed by atoms with van der Waals surface area (Å²) in [7, 11) is 0. The van der Waals surface area contributed by atoms with E-state index in [2.05, 4.69) is 24.0 Å². The molecule has 3 rings (SSSR count). The SMILES string of the molecule is CC(c1ccccc1)c1c[nH]c2ccc(F)cc12. The lowest BCUT2D eigenvalue weighted by Crippen LogP contribution is -1.94. The van der Waals surface area contributed by atoms with E-state index in [4.69, 9.17) is 0 Å². The summed E-state index contributed by atoms with van der Waals surface area (Å²) in [5.74, 6) is 0.0605. The van der Waals surface area contributed by atoms with Gasteiger partial charge in [-0.1, -0.05) is 37.3 Å². The maximum atomic E-state index is 13.3. The predicted octanol–water partition coefficient (Wildman–Crippen LogP) is 4.46. The van der Waals surface area contributed by atoms with Crippen molar-refractivity contribution in [1.29, 1.82) is 0 Å². The summed E-state index contributed by atoms with van der Waals surface area (Å²) in [6.07, 6.45) is 1.97. The fourth-order valence-electron chi connectivity index (χ4n) is 2.39. The summed E-state index contributed by atoms with van der Waals surface area (Å²) < 4.78 is 13.3. The fraction of sp³-hybridized carbons (Fsp3) is 0.125. The number of H-pyrrole nitrogens is 1. The van der Waals surface area contributed by atoms with Gasteiger partial charge in [0.25, 0.3) is 0 Å². The highest BCUT2D eigenvalue weighted by atomic mass is 19.1. The first-order valence-corrected chi connectivity index (χ1v) is 6.07. The molecule has 1 heterocycles. The van der Waals surface area contributed by atoms with Crippen LogP contribution in [-0.4, -0.2) is 4.98 Å². The molecule has 0 aliphatic rings. The molecule has 1 atom stereocenters. The number of hydrogen-bond acceptors (Lipinski definition) is 0. The average Bonchev–Trinajstić information content (AvgIpc) is 2.82. The van der Waals surface area contributed by atoms with Crippen molar-refractivity contribution in [3.63, 3.8) is 0 Å². The van der Waals surface area contributed by atoms with Gasteiger partial charge in [-0.15, -0.1) is 0 Å². The van der Waals surface area contributed by atoms with E-state index < -0.39 is 0 Å². The molecule has 0 saturated carbocycles. The second-order valence-corrected chi connectivity index (χ2v) is 4.57. The molecule has 0 aliphatic heterocycles. The minimum Gasteiger partial charge on any atom is -0.361 e. The van der Waals surface area contributed by atoms with Gasteiger partial charge in [0.1, 0.15) is 5.82 Å². The molecule has 0 saturated heterocycles. The first-order chi connectivity index (χ1) is 8.75. The quantitative estimate of drug-likeness (QED) is 0.679. The lowest BCUT2D eigenvalue weighted by Gasteiger charge is -2.10. The number of rotatable bonds is 2. The molecular formula is C16H14FN. The van der Waals surface area contributed by atoms with Gasteiger partial charge in [0.2, 0.25) is 0 Å². The zero-order valence-electron chi connectivity index (χ0n) is 10.2. The maximum absolute atomic E-state index is 13.3. The van der Waals surface area contributed by atoms with Crippen molar-refractivity contribution in [2.24, 2.45) is 0 Å². The van der Waals surface area contributed by atoms with Crippen LogP contribution in [0, 0.1) is 5.82 Å². The molecule has 0 radical (unpaired) electrons. The highest BCUT2D eigenvalue weighted by Crippen LogP contribution is 2.30. The van der Waals surface area contributed by atoms with Crippen LogP contribution in [0.3, 0.4) is 0 Å². The molecule has 1 nitrogen and oxygen atoms in total. The summed E-state index contributed by atoms with van der Waals surface area (Å²) >= 11 is 0. The third-order valence-electron chi connectivity index (χ3n) is 3.44. The van der Waals surface area contributed by atoms with Crippen molar-refractivity contribution in [3.05, 3.63) is 71.7 Å². The zero-order valence-corrected chi connectivity index (χ0v) is 10.2. The van der Waals surface area contributed by atoms with Gasteiger partial charge in [-0.05, 0) is 29.3 Å². The summed E-state index contributed by atoms with van der Waals surface area (Å²) in [6.45, 7) is 2.14. The van der Waals surface area contributed by atoms with Gasteiger partial charge in [-0.2, -0.15) is 0 Å². The van der Waals surface area contributed by atoms with E-state index in [-0.39, 0.29) is 11.7 Å². The van der Waals surface area contributed by atoms with Crippen LogP contribution in [0.4, 0.5) is 4.39 Å². The first kappa shape index (κ1) is 11.0. The number of benzene rings is 2. The molecule has 2 heteroatoms. The highest BCUT2D eigenvalue weighted by molar-refractivity contribution is 5.84. The maximum Gasteiger partial charge on any atom is 0.123 e. The number of nitrogens with one attached hydrogen (secondary N) is 1. The van der Waals surface area contributed by atoms with E-state index >= 15 is 0 Å². The van der Waals surface area contributed by atoms with Crippen molar-refractivity contribution in [1.82, 2.24) is 4.98 Å². The lowest BCUT2D eigenvalue weighted by molar-refractivity contribution is 0.629. The molecule has 0 bridgehead atoms. The van der Waals surface area contributed by atoms with Gasteiger partial charge in [0.05, 0.1) is 0 Å². The van der Waals surface area contributed by atoms with Crippen LogP contribution in [-0.2, 0) is 0 Å². The number of fused-ring (bicyclic) bond motifs is 1. The predicted molar refractivity (Wildman–Crippen MR) is 72.2 cm³/mol. The smallest absolute Gasteiger partial charge is 0.123 e. The molecule has 2 aromatic carbocycles. The topological polar surface area (TPSA) is 15.8 Å². The molecule has 0 fully saturated rings. The van der Waals surface area contributed by atoms with Crippen molar-refractivity contribution in [3.8, 4) is 0 Å². The van der Waals surface area contributed by atoms with Gasteiger partial charge in [-0.25, -0.2) is 4.39 Å². The largest absolute Gasteiger partial charge is 0.361 e. The Morgan fingerprint density at radius 3 is 2.61 bits per heavy atom. The summed E-state index contributed by atoms with van der Waals surface area (Å²) in [5.41, 5.74) is 3.35. The monoisotopic (exact) mass is 239 g/mol. The Morgan fingerprint density at radius 1 is 1.06 bits per heavy atom. The van der Waals surface area contributed by atoms with Crippen molar-refractivity contribution in [2.45, 2.75) is 12.8 Å². The molecule has 1 unspecified atom stereocenters. The number of halogens is 1. The highest BCUT2D eigenvalue weighted by Gasteiger charge is 2.13. The van der Waals surface area contributed by atoms with Crippen LogP contribution in [0.1, 0.15) is 24.0 Å². The van der Waals surface area contributed by atoms with Gasteiger partial charge in [-0.3, -0.25) is 0 Å². The zero-order chi connectivity index (χ0) is 12.5. The van der Waals surface area contributed by atoms with E-state index in [0.717, 1.165) is 16.5 Å². The van der Waals surface area contributed by atoms with Gasteiger partial charge >= 0.3 is 0 Å². The molecule has 90 valence electrons. The Balaban J connectivity index is 2.12. The molecule has 1 N–H and O–H groups in total. The van der Waals surface area contributed by atoms with Crippen LogP contribution in [0.5, 0.6) is 0 Å². The molecule has 3 aromatic rings. The number of aromatic nitrogens is 1. The van der Waals surface area contributed by atoms with Crippen LogP contribution in [0.25, 0.3) is 10.9 Å². The Hall–Kier alpha value is -2.09. The summed E-state index contributed by atoms with van der Waals surface area (Å²) in [5, 5.41) is 0.964. The molecule has 1 aromatic heterocycles. The van der Waals surface area contributed by atoms with Gasteiger partial charge < -0.3 is 4.98 Å². The lowest BCUT2D eigenvalue weighted by atomic mass is 9.93. The Bertz CT molecular complexity index is 670. The van der Waals surface area contributed by atoms with E-state index in [0.29, 0.717) is 0 Å². The molecule has 0 aliphatic carbocycles. The summed E-state index contributed by atoms with van der Waals surface area (Å²) in [4.78, 5) is 3.20. The number of aromatic amines is 1. The molecule has 18 heavy (non-hydrogen) atoms. The fourth-order valence-corrected chi connectivity index (χ4v) is 2.39. The van der Waals surface area contributed by atoms with Crippen LogP contribution in [0.2, 0.25) is 0 Å². The minimum absolute atomic E-state index is 0.191. The normalized spacial score (nSPS) is 12.8. The van der Waals surface area contributed by atoms with Gasteiger partial charge in [0, 0.05) is 23.0 Å². The second kappa shape index (κ2) is 4.30. The van der Waals surface area contributed by atoms with Crippen LogP contribution >= 0.6 is 0 Å². The van der Waals surface area contributed by atoms with E-state index in [1.165, 1.54) is 11.6 Å². The Morgan fingerprint density at radius 2 is 1.83 bits per heavy atom. The van der Waals surface area contributed by atoms with Gasteiger partial charge in [0.15, 0.2) is 0 Å². The third-order valence-corrected chi connectivity index (χ3v) is 3.44. The number of hydrogen-bond donors (Lipinski definition) is 1. The second-order valence-electron chi connectivity index (χ2n) is 4.57. The standard InChI is InChI=1S/C16H14FN/c1-11(12-5-3-2-4-6-12)15-10-18-16-8-7-13(17)9-14(15)16/h2-11,18H,1H3. The van der Waals surface area contributed by atoms with E-state index in [9.17, 15) is 4.39 Å². The average molecular weight is 239 g/mol. The Kier molecular flexibility index (Phi) is 2.63. The van der Waals surface area contributed by atoms with Crippen LogP contribution in [0.15, 0.2) is 54.7 Å². The van der Waals surface area contributed by atoms with Crippen molar-refractivity contribution in [2.75, 3.05) is 0 Å². The third kappa shape index (κ3) is 1.80. The Labute approximate surface area is 105 Å². The van der Waals surface area contributed by atoms with E-state index in [1.54, 1.807) is 12.1 Å². The molecule has 0 spiro atoms. The molecular weight excluding hydrogens is 225 g/mol. The minimum atomic E-state index is -0.191. The molecule has 0 amide bonds. The van der Waals surface area contributed by atoms with Crippen LogP contribution < -0.4 is 0 Å². The van der Waals surface area contributed by atoms with E-state index in [1.807, 2.05) is 24.4 Å². The van der Waals surface area contributed by atoms with Crippen molar-refractivity contribution < 1.29 is 4.39 Å². The van der Waals surface area contributed by atoms with Crippen molar-refractivity contribution >= 4 is 10.9 Å². The summed E-state index contributed by atoms with van der Waals surface area (Å²) in [6, 6.07) is 15.1. The first-order valence-electron chi connectivity index (χ1n) is 6.07.